The average Bonchev–Trinajstić information content (AvgIpc) is 2.79. The highest BCUT2D eigenvalue weighted by Crippen LogP contribution is 2.08. The number of nitrogens with one attached hydrogen (secondary N) is 3. The van der Waals surface area contributed by atoms with Gasteiger partial charge in [-0.05, 0) is 64.0 Å². The Kier molecular flexibility index (Phi) is 16.2. The van der Waals surface area contributed by atoms with Gasteiger partial charge in [0.1, 0.15) is 18.1 Å². The smallest absolute Gasteiger partial charge is 0.326 e. The number of rotatable bonds is 19. The summed E-state index contributed by atoms with van der Waals surface area (Å²) >= 11 is 0. The van der Waals surface area contributed by atoms with Crippen LogP contribution >= 0.6 is 0 Å². The van der Waals surface area contributed by atoms with Crippen molar-refractivity contribution in [2.24, 2.45) is 23.1 Å². The maximum atomic E-state index is 13.1. The molecule has 0 fully saturated rings. The monoisotopic (exact) mass is 502 g/mol. The molecule has 0 heterocycles. The van der Waals surface area contributed by atoms with Crippen LogP contribution in [-0.2, 0) is 24.0 Å². The number of hydrogen-bond acceptors (Lipinski definition) is 8. The van der Waals surface area contributed by atoms with Crippen molar-refractivity contribution in [1.29, 1.82) is 0 Å². The molecule has 0 rings (SSSR count). The van der Waals surface area contributed by atoms with Crippen molar-refractivity contribution in [3.63, 3.8) is 0 Å². The van der Waals surface area contributed by atoms with Crippen LogP contribution in [-0.4, -0.2) is 77.1 Å². The summed E-state index contributed by atoms with van der Waals surface area (Å²) in [6.45, 7) is 4.32. The predicted octanol–water partition coefficient (Wildman–Crippen LogP) is -1.37. The van der Waals surface area contributed by atoms with Gasteiger partial charge in [-0.1, -0.05) is 13.8 Å². The highest BCUT2D eigenvalue weighted by atomic mass is 16.4. The van der Waals surface area contributed by atoms with E-state index in [-0.39, 0.29) is 25.2 Å². The summed E-state index contributed by atoms with van der Waals surface area (Å²) in [4.78, 5) is 60.6. The molecule has 35 heavy (non-hydrogen) atoms. The van der Waals surface area contributed by atoms with E-state index < -0.39 is 60.2 Å². The molecule has 0 bridgehead atoms. The Hall–Kier alpha value is -2.77. The molecular formula is C22H42N6O7. The van der Waals surface area contributed by atoms with Crippen molar-refractivity contribution < 1.29 is 34.2 Å². The minimum atomic E-state index is -1.43. The highest BCUT2D eigenvalue weighted by molar-refractivity contribution is 5.94. The van der Waals surface area contributed by atoms with Gasteiger partial charge in [0, 0.05) is 6.42 Å². The first-order chi connectivity index (χ1) is 16.4. The summed E-state index contributed by atoms with van der Waals surface area (Å²) in [6.07, 6.45) is 1.90. The van der Waals surface area contributed by atoms with E-state index in [4.69, 9.17) is 22.3 Å². The van der Waals surface area contributed by atoms with Gasteiger partial charge < -0.3 is 43.4 Å². The lowest BCUT2D eigenvalue weighted by Gasteiger charge is -2.26. The third kappa shape index (κ3) is 13.6. The number of carboxylic acid groups (broad SMARTS) is 2. The second kappa shape index (κ2) is 17.6. The minimum Gasteiger partial charge on any atom is -0.481 e. The van der Waals surface area contributed by atoms with Gasteiger partial charge in [-0.25, -0.2) is 4.79 Å². The van der Waals surface area contributed by atoms with Gasteiger partial charge >= 0.3 is 11.9 Å². The highest BCUT2D eigenvalue weighted by Gasteiger charge is 2.30. The van der Waals surface area contributed by atoms with Gasteiger partial charge in [-0.15, -0.1) is 0 Å². The zero-order chi connectivity index (χ0) is 27.0. The summed E-state index contributed by atoms with van der Waals surface area (Å²) in [6, 6.07) is -4.33. The Labute approximate surface area is 205 Å². The molecule has 4 atom stereocenters. The predicted molar refractivity (Wildman–Crippen MR) is 129 cm³/mol. The normalized spacial score (nSPS) is 14.5. The van der Waals surface area contributed by atoms with E-state index >= 15 is 0 Å². The number of amides is 3. The van der Waals surface area contributed by atoms with Crippen LogP contribution in [0.15, 0.2) is 0 Å². The topological polar surface area (TPSA) is 240 Å². The molecule has 0 saturated heterocycles. The Morgan fingerprint density at radius 2 is 1.11 bits per heavy atom. The molecule has 13 nitrogen and oxygen atoms in total. The fourth-order valence-electron chi connectivity index (χ4n) is 3.16. The number of carbonyl (C=O) groups is 5. The SMILES string of the molecule is CC(C)C(N)C(=O)NC(CCCCN)C(=O)NC(CCCCN)C(=O)NC(CCC(=O)O)C(=O)O. The molecule has 0 aliphatic rings. The summed E-state index contributed by atoms with van der Waals surface area (Å²) in [5, 5.41) is 25.7. The van der Waals surface area contributed by atoms with Crippen LogP contribution in [0.4, 0.5) is 0 Å². The third-order valence-electron chi connectivity index (χ3n) is 5.44. The quantitative estimate of drug-likeness (QED) is 0.0963. The van der Waals surface area contributed by atoms with E-state index in [1.165, 1.54) is 0 Å². The van der Waals surface area contributed by atoms with Crippen LogP contribution in [0.2, 0.25) is 0 Å². The van der Waals surface area contributed by atoms with Crippen LogP contribution in [0, 0.1) is 5.92 Å². The van der Waals surface area contributed by atoms with Crippen LogP contribution < -0.4 is 33.2 Å². The Morgan fingerprint density at radius 1 is 0.686 bits per heavy atom. The number of carbonyl (C=O) groups excluding carboxylic acids is 3. The van der Waals surface area contributed by atoms with Gasteiger partial charge in [0.25, 0.3) is 0 Å². The summed E-state index contributed by atoms with van der Waals surface area (Å²) < 4.78 is 0. The number of aliphatic carboxylic acids is 2. The molecule has 0 aliphatic carbocycles. The average molecular weight is 503 g/mol. The molecule has 11 N–H and O–H groups in total. The first-order valence-corrected chi connectivity index (χ1v) is 12.0. The lowest BCUT2D eigenvalue weighted by Crippen LogP contribution is -2.57. The van der Waals surface area contributed by atoms with Crippen LogP contribution in [0.5, 0.6) is 0 Å². The van der Waals surface area contributed by atoms with Crippen LogP contribution in [0.1, 0.15) is 65.2 Å². The lowest BCUT2D eigenvalue weighted by molar-refractivity contribution is -0.143. The van der Waals surface area contributed by atoms with Gasteiger partial charge in [0.15, 0.2) is 0 Å². The standard InChI is InChI=1S/C22H42N6O7/c1-13(2)18(25)21(33)27-15(8-4-6-12-24)19(31)26-14(7-3-5-11-23)20(32)28-16(22(34)35)9-10-17(29)30/h13-16,18H,3-12,23-25H2,1-2H3,(H,26,31)(H,27,33)(H,28,32)(H,29,30)(H,34,35). The maximum Gasteiger partial charge on any atom is 0.326 e. The molecule has 4 unspecified atom stereocenters. The molecule has 0 aromatic rings. The summed E-state index contributed by atoms with van der Waals surface area (Å²) in [5.74, 6) is -4.63. The number of carboxylic acids is 2. The number of unbranched alkanes of at least 4 members (excludes halogenated alkanes) is 2. The summed E-state index contributed by atoms with van der Waals surface area (Å²) in [7, 11) is 0. The fourth-order valence-corrected chi connectivity index (χ4v) is 3.16. The van der Waals surface area contributed by atoms with Crippen molar-refractivity contribution >= 4 is 29.7 Å². The van der Waals surface area contributed by atoms with Crippen LogP contribution in [0.3, 0.4) is 0 Å². The van der Waals surface area contributed by atoms with E-state index in [0.717, 1.165) is 0 Å². The first kappa shape index (κ1) is 32.2. The van der Waals surface area contributed by atoms with Crippen molar-refractivity contribution in [3.05, 3.63) is 0 Å². The molecule has 0 saturated carbocycles. The first-order valence-electron chi connectivity index (χ1n) is 12.0. The van der Waals surface area contributed by atoms with Crippen molar-refractivity contribution in [3.8, 4) is 0 Å². The lowest BCUT2D eigenvalue weighted by atomic mass is 10.0. The number of hydrogen-bond donors (Lipinski definition) is 8. The zero-order valence-electron chi connectivity index (χ0n) is 20.6. The largest absolute Gasteiger partial charge is 0.481 e. The molecule has 0 aromatic carbocycles. The van der Waals surface area contributed by atoms with E-state index in [0.29, 0.717) is 38.8 Å². The van der Waals surface area contributed by atoms with Gasteiger partial charge in [0.2, 0.25) is 17.7 Å². The van der Waals surface area contributed by atoms with E-state index in [2.05, 4.69) is 16.0 Å². The molecule has 0 spiro atoms. The zero-order valence-corrected chi connectivity index (χ0v) is 20.6. The number of nitrogens with two attached hydrogens (primary N) is 3. The minimum absolute atomic E-state index is 0.156. The second-order valence-corrected chi connectivity index (χ2v) is 8.79. The Morgan fingerprint density at radius 3 is 1.49 bits per heavy atom. The third-order valence-corrected chi connectivity index (χ3v) is 5.44. The Bertz CT molecular complexity index is 704. The maximum absolute atomic E-state index is 13.1. The van der Waals surface area contributed by atoms with E-state index in [9.17, 15) is 29.1 Å². The fraction of sp³-hybridized carbons (Fsp3) is 0.773. The van der Waals surface area contributed by atoms with Gasteiger partial charge in [0.05, 0.1) is 6.04 Å². The van der Waals surface area contributed by atoms with Crippen molar-refractivity contribution in [2.45, 2.75) is 89.4 Å². The molecular weight excluding hydrogens is 460 g/mol. The molecule has 0 aromatic heterocycles. The van der Waals surface area contributed by atoms with Crippen molar-refractivity contribution in [2.75, 3.05) is 13.1 Å². The molecule has 3 amide bonds. The van der Waals surface area contributed by atoms with Gasteiger partial charge in [-0.3, -0.25) is 19.2 Å². The van der Waals surface area contributed by atoms with Crippen LogP contribution in [0.25, 0.3) is 0 Å². The van der Waals surface area contributed by atoms with Crippen molar-refractivity contribution in [1.82, 2.24) is 16.0 Å². The summed E-state index contributed by atoms with van der Waals surface area (Å²) in [5.41, 5.74) is 16.9. The second-order valence-electron chi connectivity index (χ2n) is 8.79. The molecule has 13 heteroatoms. The van der Waals surface area contributed by atoms with Gasteiger partial charge in [-0.2, -0.15) is 0 Å². The molecule has 202 valence electrons. The Balaban J connectivity index is 5.53. The van der Waals surface area contributed by atoms with E-state index in [1.807, 2.05) is 0 Å². The molecule has 0 aliphatic heterocycles. The molecule has 0 radical (unpaired) electrons. The van der Waals surface area contributed by atoms with E-state index in [1.54, 1.807) is 13.8 Å².